The first-order valence-corrected chi connectivity index (χ1v) is 6.07. The van der Waals surface area contributed by atoms with Gasteiger partial charge in [0, 0.05) is 17.5 Å². The number of carbonyl (C=O) groups is 2. The van der Waals surface area contributed by atoms with Gasteiger partial charge < -0.3 is 14.5 Å². The Labute approximate surface area is 114 Å². The molecule has 0 aliphatic heterocycles. The summed E-state index contributed by atoms with van der Waals surface area (Å²) in [4.78, 5) is 22.9. The van der Waals surface area contributed by atoms with Gasteiger partial charge in [-0.1, -0.05) is 12.1 Å². The Kier molecular flexibility index (Phi) is 4.02. The normalized spacial score (nSPS) is 10.6. The number of furan rings is 1. The second-order valence-electron chi connectivity index (χ2n) is 4.25. The molecule has 2 aromatic rings. The van der Waals surface area contributed by atoms with Gasteiger partial charge in [0.15, 0.2) is 17.2 Å². The Bertz CT molecular complexity index is 662. The SMILES string of the molecule is COC(=O)CCNC(=O)c1oc2c(F)cccc2c1C. The number of nitrogens with one attached hydrogen (secondary N) is 1. The number of benzene rings is 1. The van der Waals surface area contributed by atoms with Gasteiger partial charge >= 0.3 is 5.97 Å². The van der Waals surface area contributed by atoms with E-state index >= 15 is 0 Å². The van der Waals surface area contributed by atoms with Crippen molar-refractivity contribution >= 4 is 22.8 Å². The largest absolute Gasteiger partial charge is 0.469 e. The average molecular weight is 279 g/mol. The van der Waals surface area contributed by atoms with Crippen LogP contribution in [0.4, 0.5) is 4.39 Å². The molecule has 0 bridgehead atoms. The smallest absolute Gasteiger partial charge is 0.307 e. The van der Waals surface area contributed by atoms with Crippen LogP contribution in [0.1, 0.15) is 22.5 Å². The third-order valence-corrected chi connectivity index (χ3v) is 2.96. The van der Waals surface area contributed by atoms with Crippen LogP contribution in [-0.2, 0) is 9.53 Å². The summed E-state index contributed by atoms with van der Waals surface area (Å²) in [6, 6.07) is 4.51. The van der Waals surface area contributed by atoms with Crippen LogP contribution in [-0.4, -0.2) is 25.5 Å². The number of esters is 1. The molecule has 20 heavy (non-hydrogen) atoms. The average Bonchev–Trinajstić information content (AvgIpc) is 2.78. The number of fused-ring (bicyclic) bond motifs is 1. The highest BCUT2D eigenvalue weighted by atomic mass is 19.1. The molecular weight excluding hydrogens is 265 g/mol. The minimum atomic E-state index is -0.515. The van der Waals surface area contributed by atoms with Gasteiger partial charge in [-0.2, -0.15) is 0 Å². The van der Waals surface area contributed by atoms with Gasteiger partial charge in [-0.25, -0.2) is 4.39 Å². The fourth-order valence-corrected chi connectivity index (χ4v) is 1.89. The lowest BCUT2D eigenvalue weighted by atomic mass is 10.1. The van der Waals surface area contributed by atoms with Crippen LogP contribution in [0.15, 0.2) is 22.6 Å². The quantitative estimate of drug-likeness (QED) is 0.871. The van der Waals surface area contributed by atoms with Gasteiger partial charge in [0.25, 0.3) is 5.91 Å². The molecule has 5 nitrogen and oxygen atoms in total. The number of hydrogen-bond donors (Lipinski definition) is 1. The third kappa shape index (κ3) is 2.64. The van der Waals surface area contributed by atoms with Crippen LogP contribution in [0.5, 0.6) is 0 Å². The first-order chi connectivity index (χ1) is 9.54. The summed E-state index contributed by atoms with van der Waals surface area (Å²) < 4.78 is 23.3. The van der Waals surface area contributed by atoms with Gasteiger partial charge in [-0.15, -0.1) is 0 Å². The number of methoxy groups -OCH3 is 1. The van der Waals surface area contributed by atoms with Crippen molar-refractivity contribution in [1.82, 2.24) is 5.32 Å². The van der Waals surface area contributed by atoms with E-state index in [1.165, 1.54) is 13.2 Å². The standard InChI is InChI=1S/C14H14FNO4/c1-8-9-4-3-5-10(15)13(9)20-12(8)14(18)16-7-6-11(17)19-2/h3-5H,6-7H2,1-2H3,(H,16,18). The van der Waals surface area contributed by atoms with Gasteiger partial charge in [-0.3, -0.25) is 9.59 Å². The van der Waals surface area contributed by atoms with Crippen molar-refractivity contribution in [2.75, 3.05) is 13.7 Å². The van der Waals surface area contributed by atoms with E-state index in [4.69, 9.17) is 4.42 Å². The van der Waals surface area contributed by atoms with E-state index < -0.39 is 17.7 Å². The zero-order valence-corrected chi connectivity index (χ0v) is 11.2. The Morgan fingerprint density at radius 2 is 2.15 bits per heavy atom. The molecule has 0 saturated heterocycles. The van der Waals surface area contributed by atoms with E-state index in [9.17, 15) is 14.0 Å². The third-order valence-electron chi connectivity index (χ3n) is 2.96. The van der Waals surface area contributed by atoms with E-state index in [1.54, 1.807) is 19.1 Å². The van der Waals surface area contributed by atoms with Crippen LogP contribution in [0.2, 0.25) is 0 Å². The van der Waals surface area contributed by atoms with Crippen molar-refractivity contribution in [3.05, 3.63) is 35.3 Å². The van der Waals surface area contributed by atoms with E-state index in [-0.39, 0.29) is 24.3 Å². The number of para-hydroxylation sites is 1. The summed E-state index contributed by atoms with van der Waals surface area (Å²) in [6.45, 7) is 1.81. The molecule has 0 atom stereocenters. The molecule has 106 valence electrons. The Morgan fingerprint density at radius 3 is 2.80 bits per heavy atom. The predicted octanol–water partition coefficient (Wildman–Crippen LogP) is 2.17. The number of aryl methyl sites for hydroxylation is 1. The molecule has 6 heteroatoms. The molecule has 0 aliphatic carbocycles. The lowest BCUT2D eigenvalue weighted by molar-refractivity contribution is -0.140. The number of amides is 1. The van der Waals surface area contributed by atoms with E-state index in [0.717, 1.165) is 0 Å². The molecule has 0 fully saturated rings. The first kappa shape index (κ1) is 14.0. The molecule has 0 spiro atoms. The topological polar surface area (TPSA) is 68.5 Å². The van der Waals surface area contributed by atoms with Crippen LogP contribution in [0, 0.1) is 12.7 Å². The first-order valence-electron chi connectivity index (χ1n) is 6.07. The molecule has 1 amide bonds. The predicted molar refractivity (Wildman–Crippen MR) is 69.9 cm³/mol. The molecule has 0 radical (unpaired) electrons. The number of ether oxygens (including phenoxy) is 1. The van der Waals surface area contributed by atoms with Crippen molar-refractivity contribution < 1.29 is 23.1 Å². The summed E-state index contributed by atoms with van der Waals surface area (Å²) >= 11 is 0. The van der Waals surface area contributed by atoms with Gasteiger partial charge in [0.1, 0.15) is 0 Å². The van der Waals surface area contributed by atoms with Crippen LogP contribution >= 0.6 is 0 Å². The number of halogens is 1. The number of rotatable bonds is 4. The minimum absolute atomic E-state index is 0.0509. The van der Waals surface area contributed by atoms with Gasteiger partial charge in [0.2, 0.25) is 0 Å². The van der Waals surface area contributed by atoms with Crippen LogP contribution in [0.3, 0.4) is 0 Å². The second-order valence-corrected chi connectivity index (χ2v) is 4.25. The maximum Gasteiger partial charge on any atom is 0.307 e. The zero-order valence-electron chi connectivity index (χ0n) is 11.2. The molecule has 0 aliphatic rings. The Morgan fingerprint density at radius 1 is 1.40 bits per heavy atom. The fraction of sp³-hybridized carbons (Fsp3) is 0.286. The molecule has 0 unspecified atom stereocenters. The summed E-state index contributed by atoms with van der Waals surface area (Å²) in [5, 5.41) is 3.09. The molecular formula is C14H14FNO4. The lowest BCUT2D eigenvalue weighted by Gasteiger charge is -2.02. The van der Waals surface area contributed by atoms with Crippen molar-refractivity contribution in [3.8, 4) is 0 Å². The monoisotopic (exact) mass is 279 g/mol. The summed E-state index contributed by atoms with van der Waals surface area (Å²) in [5.41, 5.74) is 0.623. The molecule has 1 aromatic carbocycles. The number of hydrogen-bond acceptors (Lipinski definition) is 4. The molecule has 1 N–H and O–H groups in total. The number of carbonyl (C=O) groups excluding carboxylic acids is 2. The van der Waals surface area contributed by atoms with E-state index in [2.05, 4.69) is 10.1 Å². The maximum atomic E-state index is 13.6. The van der Waals surface area contributed by atoms with Gasteiger partial charge in [-0.05, 0) is 13.0 Å². The van der Waals surface area contributed by atoms with Crippen molar-refractivity contribution in [2.24, 2.45) is 0 Å². The van der Waals surface area contributed by atoms with Crippen molar-refractivity contribution in [2.45, 2.75) is 13.3 Å². The van der Waals surface area contributed by atoms with E-state index in [1.807, 2.05) is 0 Å². The molecule has 0 saturated carbocycles. The Balaban J connectivity index is 2.16. The second kappa shape index (κ2) is 5.73. The van der Waals surface area contributed by atoms with Crippen molar-refractivity contribution in [3.63, 3.8) is 0 Å². The van der Waals surface area contributed by atoms with Crippen molar-refractivity contribution in [1.29, 1.82) is 0 Å². The molecule has 1 aromatic heterocycles. The van der Waals surface area contributed by atoms with Crippen LogP contribution < -0.4 is 5.32 Å². The van der Waals surface area contributed by atoms with Crippen LogP contribution in [0.25, 0.3) is 11.0 Å². The molecule has 2 rings (SSSR count). The summed E-state index contributed by atoms with van der Waals surface area (Å²) in [5.74, 6) is -1.37. The van der Waals surface area contributed by atoms with Gasteiger partial charge in [0.05, 0.1) is 13.5 Å². The zero-order chi connectivity index (χ0) is 14.7. The van der Waals surface area contributed by atoms with E-state index in [0.29, 0.717) is 10.9 Å². The summed E-state index contributed by atoms with van der Waals surface area (Å²) in [7, 11) is 1.27. The molecule has 1 heterocycles. The Hall–Kier alpha value is -2.37. The minimum Gasteiger partial charge on any atom is -0.469 e. The highest BCUT2D eigenvalue weighted by molar-refractivity contribution is 5.99. The highest BCUT2D eigenvalue weighted by Gasteiger charge is 2.19. The highest BCUT2D eigenvalue weighted by Crippen LogP contribution is 2.27. The lowest BCUT2D eigenvalue weighted by Crippen LogP contribution is -2.26. The summed E-state index contributed by atoms with van der Waals surface area (Å²) in [6.07, 6.45) is 0.0654. The maximum absolute atomic E-state index is 13.6. The fourth-order valence-electron chi connectivity index (χ4n) is 1.89.